The molecule has 1 spiro atoms. The van der Waals surface area contributed by atoms with E-state index < -0.39 is 94.5 Å². The molecule has 0 radical (unpaired) electrons. The van der Waals surface area contributed by atoms with Crippen molar-refractivity contribution in [2.75, 3.05) is 0 Å². The van der Waals surface area contributed by atoms with Gasteiger partial charge in [-0.3, -0.25) is 24.0 Å². The van der Waals surface area contributed by atoms with Gasteiger partial charge >= 0.3 is 35.8 Å². The molecule has 2 fully saturated rings. The van der Waals surface area contributed by atoms with Crippen LogP contribution < -0.4 is 0 Å². The second-order valence-corrected chi connectivity index (χ2v) is 12.2. The van der Waals surface area contributed by atoms with Gasteiger partial charge in [-0.2, -0.15) is 0 Å². The molecule has 0 aromatic carbocycles. The minimum atomic E-state index is -1.82. The number of carbonyl (C=O) groups excluding carboxylic acids is 6. The Morgan fingerprint density at radius 3 is 1.88 bits per heavy atom. The molecule has 2 aliphatic heterocycles. The molecule has 4 rings (SSSR count). The van der Waals surface area contributed by atoms with Crippen molar-refractivity contribution < 1.29 is 61.9 Å². The molecule has 4 aliphatic rings. The summed E-state index contributed by atoms with van der Waals surface area (Å²) in [6.07, 6.45) is -1.36. The Morgan fingerprint density at radius 1 is 0.814 bits per heavy atom. The number of esters is 6. The summed E-state index contributed by atoms with van der Waals surface area (Å²) in [7, 11) is 0. The second kappa shape index (κ2) is 10.8. The maximum Gasteiger partial charge on any atom is 0.342 e. The molecule has 2 aliphatic carbocycles. The van der Waals surface area contributed by atoms with Crippen LogP contribution in [0.15, 0.2) is 23.8 Å². The first kappa shape index (κ1) is 32.2. The van der Waals surface area contributed by atoms with Crippen LogP contribution in [0.3, 0.4) is 0 Å². The molecule has 0 aromatic heterocycles. The van der Waals surface area contributed by atoms with Crippen molar-refractivity contribution in [1.29, 1.82) is 0 Å². The number of hydrogen-bond donors (Lipinski definition) is 0. The number of carbonyl (C=O) groups is 6. The molecular formula is C30H38O13. The number of hydrogen-bond acceptors (Lipinski definition) is 13. The Bertz CT molecular complexity index is 1320. The zero-order valence-electron chi connectivity index (χ0n) is 25.7. The highest BCUT2D eigenvalue weighted by Crippen LogP contribution is 2.66. The van der Waals surface area contributed by atoms with Gasteiger partial charge < -0.3 is 33.2 Å². The first-order valence-corrected chi connectivity index (χ1v) is 14.0. The van der Waals surface area contributed by atoms with Gasteiger partial charge in [-0.05, 0) is 32.9 Å². The SMILES string of the molecule is CC(=O)OC1CC(C)=CC2OC(=O)C3(C)OC23C(OC(C)=O)C2C(C)(C=CC(OC(C)=O)C2(C)OC(C)=O)C1OC(C)=O. The summed E-state index contributed by atoms with van der Waals surface area (Å²) in [6, 6.07) is 0. The highest BCUT2D eigenvalue weighted by Gasteiger charge is 2.88. The molecule has 43 heavy (non-hydrogen) atoms. The Hall–Kier alpha value is -3.74. The van der Waals surface area contributed by atoms with Crippen molar-refractivity contribution in [3.05, 3.63) is 23.8 Å². The van der Waals surface area contributed by atoms with E-state index in [2.05, 4.69) is 0 Å². The van der Waals surface area contributed by atoms with Crippen LogP contribution in [0.1, 0.15) is 68.7 Å². The number of fused-ring (bicyclic) bond motifs is 1. The van der Waals surface area contributed by atoms with Gasteiger partial charge in [0.05, 0.1) is 5.92 Å². The maximum atomic E-state index is 13.2. The van der Waals surface area contributed by atoms with E-state index in [1.54, 1.807) is 26.0 Å². The van der Waals surface area contributed by atoms with Crippen LogP contribution in [-0.4, -0.2) is 83.1 Å². The van der Waals surface area contributed by atoms with E-state index in [-0.39, 0.29) is 6.42 Å². The summed E-state index contributed by atoms with van der Waals surface area (Å²) >= 11 is 0. The Kier molecular flexibility index (Phi) is 8.05. The number of ether oxygens (including phenoxy) is 7. The third-order valence-electron chi connectivity index (χ3n) is 8.80. The van der Waals surface area contributed by atoms with Crippen molar-refractivity contribution in [1.82, 2.24) is 0 Å². The summed E-state index contributed by atoms with van der Waals surface area (Å²) in [5.41, 5.74) is -5.90. The largest absolute Gasteiger partial charge is 0.459 e. The van der Waals surface area contributed by atoms with E-state index in [0.717, 1.165) is 13.8 Å². The van der Waals surface area contributed by atoms with Crippen LogP contribution in [0, 0.1) is 11.3 Å². The molecule has 236 valence electrons. The standard InChI is InChI=1S/C30H38O13/c1-14-12-20(37-15(2)31)24(39-17(4)33)27(7)11-10-21(38-16(3)32)28(8,42-19(6)35)23(27)25(40-18(5)34)30-22(13-14)41-26(36)29(30,9)43-30/h10-11,13,20-25H,12H2,1-9H3. The van der Waals surface area contributed by atoms with Crippen LogP contribution in [0.5, 0.6) is 0 Å². The highest BCUT2D eigenvalue weighted by molar-refractivity contribution is 5.89. The highest BCUT2D eigenvalue weighted by atomic mass is 16.7. The second-order valence-electron chi connectivity index (χ2n) is 12.2. The maximum absolute atomic E-state index is 13.2. The van der Waals surface area contributed by atoms with E-state index in [0.29, 0.717) is 5.57 Å². The lowest BCUT2D eigenvalue weighted by Gasteiger charge is -2.56. The molecule has 0 aromatic rings. The molecule has 2 heterocycles. The first-order valence-electron chi connectivity index (χ1n) is 14.0. The molecule has 10 unspecified atom stereocenters. The van der Waals surface area contributed by atoms with Crippen molar-refractivity contribution in [2.45, 2.75) is 116 Å². The van der Waals surface area contributed by atoms with Crippen molar-refractivity contribution in [3.63, 3.8) is 0 Å². The van der Waals surface area contributed by atoms with Gasteiger partial charge in [0.25, 0.3) is 0 Å². The molecule has 0 N–H and O–H groups in total. The van der Waals surface area contributed by atoms with Gasteiger partial charge in [0.1, 0.15) is 18.3 Å². The fourth-order valence-corrected chi connectivity index (χ4v) is 7.29. The Morgan fingerprint density at radius 2 is 1.37 bits per heavy atom. The first-order chi connectivity index (χ1) is 19.8. The van der Waals surface area contributed by atoms with E-state index >= 15 is 0 Å². The topological polar surface area (TPSA) is 170 Å². The lowest BCUT2D eigenvalue weighted by Crippen LogP contribution is -2.69. The summed E-state index contributed by atoms with van der Waals surface area (Å²) in [4.78, 5) is 76.0. The van der Waals surface area contributed by atoms with Crippen LogP contribution in [0.25, 0.3) is 0 Å². The Balaban J connectivity index is 2.13. The molecule has 2 saturated heterocycles. The van der Waals surface area contributed by atoms with E-state index in [9.17, 15) is 28.8 Å². The lowest BCUT2D eigenvalue weighted by atomic mass is 9.55. The molecular weight excluding hydrogens is 568 g/mol. The third-order valence-corrected chi connectivity index (χ3v) is 8.80. The quantitative estimate of drug-likeness (QED) is 0.193. The monoisotopic (exact) mass is 606 g/mol. The minimum Gasteiger partial charge on any atom is -0.459 e. The van der Waals surface area contributed by atoms with Gasteiger partial charge in [0.15, 0.2) is 29.0 Å². The fraction of sp³-hybridized carbons (Fsp3) is 0.667. The average molecular weight is 607 g/mol. The summed E-state index contributed by atoms with van der Waals surface area (Å²) in [6.45, 7) is 12.3. The van der Waals surface area contributed by atoms with E-state index in [1.165, 1.54) is 40.7 Å². The van der Waals surface area contributed by atoms with E-state index in [4.69, 9.17) is 33.2 Å². The lowest BCUT2D eigenvalue weighted by molar-refractivity contribution is -0.236. The van der Waals surface area contributed by atoms with Crippen molar-refractivity contribution in [3.8, 4) is 0 Å². The average Bonchev–Trinajstić information content (AvgIpc) is 3.43. The van der Waals surface area contributed by atoms with Crippen molar-refractivity contribution in [2.24, 2.45) is 11.3 Å². The zero-order chi connectivity index (χ0) is 32.3. The molecule has 0 bridgehead atoms. The number of epoxide rings is 1. The van der Waals surface area contributed by atoms with Gasteiger partial charge in [-0.25, -0.2) is 4.79 Å². The summed E-state index contributed by atoms with van der Waals surface area (Å²) in [5.74, 6) is -5.56. The zero-order valence-corrected chi connectivity index (χ0v) is 25.7. The van der Waals surface area contributed by atoms with Gasteiger partial charge in [-0.1, -0.05) is 18.6 Å². The molecule has 0 saturated carbocycles. The van der Waals surface area contributed by atoms with Gasteiger partial charge in [0.2, 0.25) is 0 Å². The molecule has 13 nitrogen and oxygen atoms in total. The van der Waals surface area contributed by atoms with Gasteiger partial charge in [0, 0.05) is 46.5 Å². The normalized spacial score (nSPS) is 41.1. The van der Waals surface area contributed by atoms with Crippen molar-refractivity contribution >= 4 is 35.8 Å². The van der Waals surface area contributed by atoms with Crippen LogP contribution in [-0.2, 0) is 61.9 Å². The predicted octanol–water partition coefficient (Wildman–Crippen LogP) is 2.03. The predicted molar refractivity (Wildman–Crippen MR) is 144 cm³/mol. The Labute approximate surface area is 249 Å². The van der Waals surface area contributed by atoms with Crippen LogP contribution in [0.4, 0.5) is 0 Å². The third kappa shape index (κ3) is 5.21. The fourth-order valence-electron chi connectivity index (χ4n) is 7.29. The minimum absolute atomic E-state index is 0.0460. The van der Waals surface area contributed by atoms with Gasteiger partial charge in [-0.15, -0.1) is 0 Å². The smallest absolute Gasteiger partial charge is 0.342 e. The molecule has 0 amide bonds. The molecule has 13 heteroatoms. The molecule has 10 atom stereocenters. The summed E-state index contributed by atoms with van der Waals surface area (Å²) < 4.78 is 41.2. The van der Waals surface area contributed by atoms with E-state index in [1.807, 2.05) is 0 Å². The summed E-state index contributed by atoms with van der Waals surface area (Å²) in [5, 5.41) is 0. The number of rotatable bonds is 5. The van der Waals surface area contributed by atoms with Crippen LogP contribution >= 0.6 is 0 Å². The van der Waals surface area contributed by atoms with Crippen LogP contribution in [0.2, 0.25) is 0 Å².